The Morgan fingerprint density at radius 3 is 2.40 bits per heavy atom. The lowest BCUT2D eigenvalue weighted by Crippen LogP contribution is -2.26. The molecule has 0 N–H and O–H groups in total. The Bertz CT molecular complexity index is 557. The number of nitrogens with zero attached hydrogens (tertiary/aromatic N) is 1. The van der Waals surface area contributed by atoms with E-state index in [0.29, 0.717) is 0 Å². The Kier molecular flexibility index (Phi) is 4.60. The lowest BCUT2D eigenvalue weighted by atomic mass is 9.91. The molecule has 0 aliphatic heterocycles. The summed E-state index contributed by atoms with van der Waals surface area (Å²) >= 11 is 0. The van der Waals surface area contributed by atoms with Gasteiger partial charge < -0.3 is 4.74 Å². The summed E-state index contributed by atoms with van der Waals surface area (Å²) in [6, 6.07) is 4.16. The summed E-state index contributed by atoms with van der Waals surface area (Å²) in [5.74, 6) is -0.947. The van der Waals surface area contributed by atoms with Crippen LogP contribution >= 0.6 is 0 Å². The van der Waals surface area contributed by atoms with Crippen molar-refractivity contribution in [2.75, 3.05) is 6.61 Å². The maximum atomic E-state index is 11.9. The fourth-order valence-corrected chi connectivity index (χ4v) is 1.47. The quantitative estimate of drug-likeness (QED) is 0.480. The highest BCUT2D eigenvalue weighted by atomic mass is 16.6. The molecule has 0 aromatic heterocycles. The van der Waals surface area contributed by atoms with Crippen molar-refractivity contribution in [1.29, 1.82) is 0 Å². The first-order valence-electron chi connectivity index (χ1n) is 6.09. The first kappa shape index (κ1) is 15.8. The standard InChI is InChI=1S/C14H17NO5/c1-9-10(6-5-7-11(9)15(18)19)13(17)20-8-12(16)14(2,3)4/h5-7H,8H2,1-4H3. The third-order valence-corrected chi connectivity index (χ3v) is 2.89. The lowest BCUT2D eigenvalue weighted by Gasteiger charge is -2.16. The molecule has 0 unspecified atom stereocenters. The number of ketones is 1. The van der Waals surface area contributed by atoms with E-state index in [1.165, 1.54) is 25.1 Å². The van der Waals surface area contributed by atoms with Gasteiger partial charge in [-0.2, -0.15) is 0 Å². The van der Waals surface area contributed by atoms with E-state index >= 15 is 0 Å². The van der Waals surface area contributed by atoms with Gasteiger partial charge in [-0.25, -0.2) is 4.79 Å². The maximum Gasteiger partial charge on any atom is 0.339 e. The zero-order valence-electron chi connectivity index (χ0n) is 11.9. The second-order valence-corrected chi connectivity index (χ2v) is 5.46. The molecular formula is C14H17NO5. The normalized spacial score (nSPS) is 11.0. The number of Topliss-reactive ketones (excluding diaryl/α,β-unsaturated/α-hetero) is 1. The average Bonchev–Trinajstić information content (AvgIpc) is 2.34. The van der Waals surface area contributed by atoms with Crippen LogP contribution in [0.15, 0.2) is 18.2 Å². The highest BCUT2D eigenvalue weighted by Crippen LogP contribution is 2.22. The molecule has 0 heterocycles. The summed E-state index contributed by atoms with van der Waals surface area (Å²) < 4.78 is 4.92. The van der Waals surface area contributed by atoms with Gasteiger partial charge in [0.25, 0.3) is 5.69 Å². The van der Waals surface area contributed by atoms with Crippen molar-refractivity contribution in [3.05, 3.63) is 39.4 Å². The van der Waals surface area contributed by atoms with Crippen LogP contribution < -0.4 is 0 Å². The molecule has 0 saturated heterocycles. The summed E-state index contributed by atoms with van der Waals surface area (Å²) in [5.41, 5.74) is -0.425. The summed E-state index contributed by atoms with van der Waals surface area (Å²) in [6.45, 7) is 6.30. The number of benzene rings is 1. The molecule has 20 heavy (non-hydrogen) atoms. The van der Waals surface area contributed by atoms with E-state index in [1.54, 1.807) is 20.8 Å². The molecule has 0 radical (unpaired) electrons. The highest BCUT2D eigenvalue weighted by Gasteiger charge is 2.24. The molecule has 1 rings (SSSR count). The number of rotatable bonds is 4. The smallest absolute Gasteiger partial charge is 0.339 e. The fraction of sp³-hybridized carbons (Fsp3) is 0.429. The van der Waals surface area contributed by atoms with Gasteiger partial charge in [0.05, 0.1) is 10.5 Å². The van der Waals surface area contributed by atoms with Gasteiger partial charge in [-0.1, -0.05) is 26.8 Å². The van der Waals surface area contributed by atoms with Crippen molar-refractivity contribution in [1.82, 2.24) is 0 Å². The predicted octanol–water partition coefficient (Wildman–Crippen LogP) is 2.68. The Morgan fingerprint density at radius 1 is 1.30 bits per heavy atom. The lowest BCUT2D eigenvalue weighted by molar-refractivity contribution is -0.385. The maximum absolute atomic E-state index is 11.9. The van der Waals surface area contributed by atoms with Crippen molar-refractivity contribution in [2.45, 2.75) is 27.7 Å². The van der Waals surface area contributed by atoms with E-state index in [0.717, 1.165) is 0 Å². The van der Waals surface area contributed by atoms with Gasteiger partial charge in [0.15, 0.2) is 12.4 Å². The van der Waals surface area contributed by atoms with Crippen LogP contribution in [0.3, 0.4) is 0 Å². The van der Waals surface area contributed by atoms with E-state index in [9.17, 15) is 19.7 Å². The van der Waals surface area contributed by atoms with Gasteiger partial charge in [0, 0.05) is 17.0 Å². The molecule has 0 spiro atoms. The van der Waals surface area contributed by atoms with Crippen LogP contribution in [-0.2, 0) is 9.53 Å². The number of nitro benzene ring substituents is 1. The number of nitro groups is 1. The largest absolute Gasteiger partial charge is 0.454 e. The van der Waals surface area contributed by atoms with E-state index in [4.69, 9.17) is 4.74 Å². The van der Waals surface area contributed by atoms with Crippen LogP contribution in [0, 0.1) is 22.5 Å². The highest BCUT2D eigenvalue weighted by molar-refractivity contribution is 5.94. The van der Waals surface area contributed by atoms with Gasteiger partial charge in [0.2, 0.25) is 0 Å². The molecule has 0 fully saturated rings. The average molecular weight is 279 g/mol. The molecule has 0 aliphatic rings. The summed E-state index contributed by atoms with van der Waals surface area (Å²) in [4.78, 5) is 33.8. The number of carbonyl (C=O) groups is 2. The third-order valence-electron chi connectivity index (χ3n) is 2.89. The van der Waals surface area contributed by atoms with Crippen molar-refractivity contribution in [2.24, 2.45) is 5.41 Å². The van der Waals surface area contributed by atoms with Gasteiger partial charge in [-0.3, -0.25) is 14.9 Å². The van der Waals surface area contributed by atoms with Crippen molar-refractivity contribution in [3.8, 4) is 0 Å². The molecule has 6 nitrogen and oxygen atoms in total. The summed E-state index contributed by atoms with van der Waals surface area (Å²) in [7, 11) is 0. The minimum atomic E-state index is -0.733. The van der Waals surface area contributed by atoms with Crippen LogP contribution in [-0.4, -0.2) is 23.3 Å². The summed E-state index contributed by atoms with van der Waals surface area (Å²) in [6.07, 6.45) is 0. The van der Waals surface area contributed by atoms with Gasteiger partial charge >= 0.3 is 5.97 Å². The molecule has 0 saturated carbocycles. The SMILES string of the molecule is Cc1c(C(=O)OCC(=O)C(C)(C)C)cccc1[N+](=O)[O-]. The monoisotopic (exact) mass is 279 g/mol. The summed E-state index contributed by atoms with van der Waals surface area (Å²) in [5, 5.41) is 10.8. The van der Waals surface area contributed by atoms with Crippen molar-refractivity contribution < 1.29 is 19.2 Å². The minimum Gasteiger partial charge on any atom is -0.454 e. The number of carbonyl (C=O) groups excluding carboxylic acids is 2. The van der Waals surface area contributed by atoms with Crippen LogP contribution in [0.2, 0.25) is 0 Å². The zero-order chi connectivity index (χ0) is 15.5. The van der Waals surface area contributed by atoms with E-state index in [2.05, 4.69) is 0 Å². The first-order valence-corrected chi connectivity index (χ1v) is 6.09. The van der Waals surface area contributed by atoms with Crippen LogP contribution in [0.4, 0.5) is 5.69 Å². The number of hydrogen-bond donors (Lipinski definition) is 0. The molecule has 6 heteroatoms. The second kappa shape index (κ2) is 5.81. The topological polar surface area (TPSA) is 86.5 Å². The zero-order valence-corrected chi connectivity index (χ0v) is 11.9. The van der Waals surface area contributed by atoms with Gasteiger partial charge in [-0.05, 0) is 13.0 Å². The molecule has 1 aromatic rings. The number of ether oxygens (including phenoxy) is 1. The van der Waals surface area contributed by atoms with E-state index in [-0.39, 0.29) is 29.2 Å². The van der Waals surface area contributed by atoms with E-state index < -0.39 is 16.3 Å². The third kappa shape index (κ3) is 3.63. The van der Waals surface area contributed by atoms with Crippen molar-refractivity contribution >= 4 is 17.4 Å². The molecular weight excluding hydrogens is 262 g/mol. The second-order valence-electron chi connectivity index (χ2n) is 5.46. The van der Waals surface area contributed by atoms with Crippen molar-refractivity contribution in [3.63, 3.8) is 0 Å². The molecule has 0 bridgehead atoms. The van der Waals surface area contributed by atoms with Crippen LogP contribution in [0.25, 0.3) is 0 Å². The number of hydrogen-bond acceptors (Lipinski definition) is 5. The molecule has 0 atom stereocenters. The Balaban J connectivity index is 2.87. The predicted molar refractivity (Wildman–Crippen MR) is 72.6 cm³/mol. The van der Waals surface area contributed by atoms with E-state index in [1.807, 2.05) is 0 Å². The Morgan fingerprint density at radius 2 is 1.90 bits per heavy atom. The first-order chi connectivity index (χ1) is 9.14. The fourth-order valence-electron chi connectivity index (χ4n) is 1.47. The van der Waals surface area contributed by atoms with Crippen LogP contribution in [0.1, 0.15) is 36.7 Å². The van der Waals surface area contributed by atoms with Gasteiger partial charge in [0.1, 0.15) is 0 Å². The molecule has 0 amide bonds. The van der Waals surface area contributed by atoms with Gasteiger partial charge in [-0.15, -0.1) is 0 Å². The Labute approximate surface area is 116 Å². The van der Waals surface area contributed by atoms with Crippen LogP contribution in [0.5, 0.6) is 0 Å². The molecule has 1 aromatic carbocycles. The minimum absolute atomic E-state index is 0.0981. The number of esters is 1. The molecule has 108 valence electrons. The Hall–Kier alpha value is -2.24. The molecule has 0 aliphatic carbocycles.